The highest BCUT2D eigenvalue weighted by Crippen LogP contribution is 2.16. The van der Waals surface area contributed by atoms with Gasteiger partial charge in [0.15, 0.2) is 0 Å². The summed E-state index contributed by atoms with van der Waals surface area (Å²) >= 11 is 0. The fourth-order valence-corrected chi connectivity index (χ4v) is 2.49. The van der Waals surface area contributed by atoms with Crippen molar-refractivity contribution in [1.82, 2.24) is 15.6 Å². The largest absolute Gasteiger partial charge is 0.356 e. The molecule has 0 aliphatic heterocycles. The lowest BCUT2D eigenvalue weighted by Gasteiger charge is -2.17. The number of nitrogens with zero attached hydrogens (tertiary/aromatic N) is 1. The van der Waals surface area contributed by atoms with Gasteiger partial charge in [0.1, 0.15) is 0 Å². The molecule has 0 spiro atoms. The summed E-state index contributed by atoms with van der Waals surface area (Å²) in [7, 11) is 0. The first-order valence-corrected chi connectivity index (χ1v) is 8.45. The molecule has 3 N–H and O–H groups in total. The Morgan fingerprint density at radius 3 is 2.32 bits per heavy atom. The van der Waals surface area contributed by atoms with E-state index in [0.717, 1.165) is 17.5 Å². The monoisotopic (exact) mass is 340 g/mol. The molecular weight excluding hydrogens is 316 g/mol. The zero-order valence-electron chi connectivity index (χ0n) is 14.6. The van der Waals surface area contributed by atoms with Crippen molar-refractivity contribution in [1.29, 1.82) is 0 Å². The summed E-state index contributed by atoms with van der Waals surface area (Å²) in [6.07, 6.45) is 4.54. The molecule has 2 rings (SSSR count). The Morgan fingerprint density at radius 2 is 1.72 bits per heavy atom. The zero-order valence-corrected chi connectivity index (χ0v) is 14.6. The summed E-state index contributed by atoms with van der Waals surface area (Å²) in [6.45, 7) is 4.52. The fraction of sp³-hybridized carbons (Fsp3) is 0.316. The van der Waals surface area contributed by atoms with Gasteiger partial charge < -0.3 is 16.0 Å². The van der Waals surface area contributed by atoms with Gasteiger partial charge in [0.2, 0.25) is 5.91 Å². The van der Waals surface area contributed by atoms with E-state index < -0.39 is 0 Å². The van der Waals surface area contributed by atoms with E-state index in [1.165, 1.54) is 0 Å². The Morgan fingerprint density at radius 1 is 1.04 bits per heavy atom. The minimum absolute atomic E-state index is 0.0101. The van der Waals surface area contributed by atoms with E-state index in [4.69, 9.17) is 0 Å². The molecule has 0 aliphatic carbocycles. The Balaban J connectivity index is 1.90. The highest BCUT2D eigenvalue weighted by Gasteiger charge is 2.12. The van der Waals surface area contributed by atoms with Crippen LogP contribution in [0.3, 0.4) is 0 Å². The van der Waals surface area contributed by atoms with Crippen LogP contribution in [0.15, 0.2) is 48.8 Å². The maximum atomic E-state index is 12.2. The Kier molecular flexibility index (Phi) is 6.95. The van der Waals surface area contributed by atoms with Crippen LogP contribution < -0.4 is 16.0 Å². The number of carbonyl (C=O) groups excluding carboxylic acids is 2. The van der Waals surface area contributed by atoms with Gasteiger partial charge in [0.25, 0.3) is 0 Å². The third-order valence-corrected chi connectivity index (χ3v) is 3.77. The summed E-state index contributed by atoms with van der Waals surface area (Å²) in [5.41, 5.74) is 2.60. The van der Waals surface area contributed by atoms with Crippen molar-refractivity contribution >= 4 is 17.6 Å². The Hall–Kier alpha value is -2.89. The van der Waals surface area contributed by atoms with Crippen LogP contribution in [0.25, 0.3) is 0 Å². The van der Waals surface area contributed by atoms with Crippen molar-refractivity contribution in [2.75, 3.05) is 11.9 Å². The molecule has 1 atom stereocenters. The van der Waals surface area contributed by atoms with Gasteiger partial charge >= 0.3 is 6.03 Å². The van der Waals surface area contributed by atoms with Crippen LogP contribution in [0.5, 0.6) is 0 Å². The molecule has 6 heteroatoms. The highest BCUT2D eigenvalue weighted by atomic mass is 16.2. The van der Waals surface area contributed by atoms with E-state index in [1.54, 1.807) is 24.5 Å². The van der Waals surface area contributed by atoms with Crippen LogP contribution in [0, 0.1) is 0 Å². The first-order chi connectivity index (χ1) is 12.1. The molecule has 0 unspecified atom stereocenters. The molecule has 0 fully saturated rings. The smallest absolute Gasteiger partial charge is 0.319 e. The molecular formula is C19H24N4O2. The van der Waals surface area contributed by atoms with Gasteiger partial charge in [-0.15, -0.1) is 0 Å². The third kappa shape index (κ3) is 5.91. The molecule has 0 aliphatic rings. The molecule has 1 aromatic heterocycles. The summed E-state index contributed by atoms with van der Waals surface area (Å²) < 4.78 is 0. The van der Waals surface area contributed by atoms with Gasteiger partial charge in [-0.05, 0) is 48.7 Å². The Labute approximate surface area is 148 Å². The standard InChI is InChI=1S/C19H24N4O2/c1-3-17(15-9-11-20-12-10-15)23-19(25)22-16-7-5-14(6-8-16)13-18(24)21-4-2/h5-12,17H,3-4,13H2,1-2H3,(H,21,24)(H2,22,23,25)/t17-/m1/s1. The van der Waals surface area contributed by atoms with E-state index in [0.29, 0.717) is 18.7 Å². The van der Waals surface area contributed by atoms with E-state index >= 15 is 0 Å². The third-order valence-electron chi connectivity index (χ3n) is 3.77. The minimum atomic E-state index is -0.264. The van der Waals surface area contributed by atoms with Crippen LogP contribution in [0.2, 0.25) is 0 Å². The predicted molar refractivity (Wildman–Crippen MR) is 98.3 cm³/mol. The second-order valence-corrected chi connectivity index (χ2v) is 5.67. The normalized spacial score (nSPS) is 11.4. The molecule has 2 aromatic rings. The molecule has 0 bridgehead atoms. The van der Waals surface area contributed by atoms with Crippen molar-refractivity contribution in [3.8, 4) is 0 Å². The lowest BCUT2D eigenvalue weighted by atomic mass is 10.1. The van der Waals surface area contributed by atoms with Gasteiger partial charge in [-0.3, -0.25) is 9.78 Å². The fourth-order valence-electron chi connectivity index (χ4n) is 2.49. The van der Waals surface area contributed by atoms with Crippen molar-refractivity contribution in [2.24, 2.45) is 0 Å². The maximum Gasteiger partial charge on any atom is 0.319 e. The number of aromatic nitrogens is 1. The number of carbonyl (C=O) groups is 2. The number of pyridine rings is 1. The first kappa shape index (κ1) is 18.4. The number of nitrogens with one attached hydrogen (secondary N) is 3. The van der Waals surface area contributed by atoms with Crippen LogP contribution in [-0.4, -0.2) is 23.5 Å². The van der Waals surface area contributed by atoms with Gasteiger partial charge in [0, 0.05) is 24.6 Å². The maximum absolute atomic E-state index is 12.2. The van der Waals surface area contributed by atoms with Crippen LogP contribution >= 0.6 is 0 Å². The summed E-state index contributed by atoms with van der Waals surface area (Å²) in [5, 5.41) is 8.53. The summed E-state index contributed by atoms with van der Waals surface area (Å²) in [6, 6.07) is 10.7. The van der Waals surface area contributed by atoms with Gasteiger partial charge in [-0.1, -0.05) is 19.1 Å². The number of benzene rings is 1. The number of urea groups is 1. The second kappa shape index (κ2) is 9.42. The van der Waals surface area contributed by atoms with E-state index in [2.05, 4.69) is 20.9 Å². The summed E-state index contributed by atoms with van der Waals surface area (Å²) in [4.78, 5) is 27.8. The van der Waals surface area contributed by atoms with Gasteiger partial charge in [-0.2, -0.15) is 0 Å². The second-order valence-electron chi connectivity index (χ2n) is 5.67. The molecule has 0 saturated carbocycles. The molecule has 0 saturated heterocycles. The lowest BCUT2D eigenvalue weighted by Crippen LogP contribution is -2.32. The number of hydrogen-bond donors (Lipinski definition) is 3. The molecule has 132 valence electrons. The van der Waals surface area contributed by atoms with Crippen molar-refractivity contribution in [3.05, 3.63) is 59.9 Å². The molecule has 1 aromatic carbocycles. The van der Waals surface area contributed by atoms with Gasteiger partial charge in [0.05, 0.1) is 12.5 Å². The average Bonchev–Trinajstić information content (AvgIpc) is 2.62. The predicted octanol–water partition coefficient (Wildman–Crippen LogP) is 3.03. The quantitative estimate of drug-likeness (QED) is 0.724. The SMILES string of the molecule is CCNC(=O)Cc1ccc(NC(=O)N[C@H](CC)c2ccncc2)cc1. The number of hydrogen-bond acceptors (Lipinski definition) is 3. The zero-order chi connectivity index (χ0) is 18.1. The number of amides is 3. The van der Waals surface area contributed by atoms with E-state index in [1.807, 2.05) is 38.1 Å². The average molecular weight is 340 g/mol. The lowest BCUT2D eigenvalue weighted by molar-refractivity contribution is -0.120. The molecule has 0 radical (unpaired) electrons. The van der Waals surface area contributed by atoms with E-state index in [-0.39, 0.29) is 18.0 Å². The van der Waals surface area contributed by atoms with Crippen molar-refractivity contribution in [3.63, 3.8) is 0 Å². The summed E-state index contributed by atoms with van der Waals surface area (Å²) in [5.74, 6) is -0.0101. The molecule has 25 heavy (non-hydrogen) atoms. The van der Waals surface area contributed by atoms with Crippen molar-refractivity contribution < 1.29 is 9.59 Å². The van der Waals surface area contributed by atoms with Crippen LogP contribution in [0.4, 0.5) is 10.5 Å². The molecule has 1 heterocycles. The number of anilines is 1. The molecule has 6 nitrogen and oxygen atoms in total. The van der Waals surface area contributed by atoms with Crippen LogP contribution in [0.1, 0.15) is 37.4 Å². The number of rotatable bonds is 7. The Bertz CT molecular complexity index is 686. The highest BCUT2D eigenvalue weighted by molar-refractivity contribution is 5.89. The van der Waals surface area contributed by atoms with Crippen molar-refractivity contribution in [2.45, 2.75) is 32.7 Å². The van der Waals surface area contributed by atoms with Crippen LogP contribution in [-0.2, 0) is 11.2 Å². The first-order valence-electron chi connectivity index (χ1n) is 8.45. The topological polar surface area (TPSA) is 83.1 Å². The molecule has 3 amide bonds. The minimum Gasteiger partial charge on any atom is -0.356 e. The van der Waals surface area contributed by atoms with Gasteiger partial charge in [-0.25, -0.2) is 4.79 Å². The number of likely N-dealkylation sites (N-methyl/N-ethyl adjacent to an activating group) is 1. The van der Waals surface area contributed by atoms with E-state index in [9.17, 15) is 9.59 Å².